The number of amides is 1. The second-order valence-electron chi connectivity index (χ2n) is 6.04. The van der Waals surface area contributed by atoms with E-state index >= 15 is 0 Å². The molecule has 2 saturated heterocycles. The first-order valence-corrected chi connectivity index (χ1v) is 8.18. The summed E-state index contributed by atoms with van der Waals surface area (Å²) in [6, 6.07) is 6.38. The van der Waals surface area contributed by atoms with Crippen LogP contribution >= 0.6 is 0 Å². The molecule has 1 spiro atoms. The summed E-state index contributed by atoms with van der Waals surface area (Å²) in [7, 11) is 0. The summed E-state index contributed by atoms with van der Waals surface area (Å²) >= 11 is 0. The fourth-order valence-corrected chi connectivity index (χ4v) is 3.07. The van der Waals surface area contributed by atoms with Gasteiger partial charge in [0, 0.05) is 45.4 Å². The minimum absolute atomic E-state index is 0.157. The molecule has 1 amide bonds. The zero-order valence-electron chi connectivity index (χ0n) is 13.2. The number of nitrogens with zero attached hydrogens (tertiary/aromatic N) is 1. The van der Waals surface area contributed by atoms with E-state index in [9.17, 15) is 9.18 Å². The van der Waals surface area contributed by atoms with Crippen LogP contribution in [0.3, 0.4) is 0 Å². The second-order valence-corrected chi connectivity index (χ2v) is 6.04. The number of piperidine rings is 1. The molecular formula is C17H23FN2O3. The van der Waals surface area contributed by atoms with Crippen molar-refractivity contribution in [3.05, 3.63) is 35.6 Å². The molecular weight excluding hydrogens is 299 g/mol. The Morgan fingerprint density at radius 3 is 2.48 bits per heavy atom. The van der Waals surface area contributed by atoms with Crippen molar-refractivity contribution in [3.63, 3.8) is 0 Å². The third-order valence-electron chi connectivity index (χ3n) is 4.45. The Morgan fingerprint density at radius 1 is 1.17 bits per heavy atom. The summed E-state index contributed by atoms with van der Waals surface area (Å²) < 4.78 is 24.1. The van der Waals surface area contributed by atoms with Crippen LogP contribution < -0.4 is 5.32 Å². The summed E-state index contributed by atoms with van der Waals surface area (Å²) in [6.07, 6.45) is 1.97. The number of hydrogen-bond acceptors (Lipinski definition) is 4. The smallest absolute Gasteiger partial charge is 0.223 e. The predicted octanol–water partition coefficient (Wildman–Crippen LogP) is 1.67. The fourth-order valence-electron chi connectivity index (χ4n) is 3.07. The van der Waals surface area contributed by atoms with Gasteiger partial charge in [-0.25, -0.2) is 4.39 Å². The van der Waals surface area contributed by atoms with Gasteiger partial charge in [0.05, 0.1) is 13.2 Å². The molecule has 0 saturated carbocycles. The van der Waals surface area contributed by atoms with Gasteiger partial charge in [-0.15, -0.1) is 0 Å². The maximum absolute atomic E-state index is 12.8. The van der Waals surface area contributed by atoms with Gasteiger partial charge >= 0.3 is 0 Å². The molecule has 0 unspecified atom stereocenters. The zero-order chi connectivity index (χ0) is 16.1. The number of hydrogen-bond donors (Lipinski definition) is 1. The van der Waals surface area contributed by atoms with Crippen LogP contribution in [0.15, 0.2) is 24.3 Å². The van der Waals surface area contributed by atoms with Gasteiger partial charge in [-0.1, -0.05) is 12.1 Å². The normalized spacial score (nSPS) is 20.1. The monoisotopic (exact) mass is 322 g/mol. The van der Waals surface area contributed by atoms with Crippen LogP contribution in [0.25, 0.3) is 0 Å². The van der Waals surface area contributed by atoms with Crippen LogP contribution in [0.1, 0.15) is 24.8 Å². The van der Waals surface area contributed by atoms with E-state index in [2.05, 4.69) is 5.32 Å². The van der Waals surface area contributed by atoms with Gasteiger partial charge in [-0.2, -0.15) is 0 Å². The van der Waals surface area contributed by atoms with Crippen LogP contribution in [-0.4, -0.2) is 49.4 Å². The Labute approximate surface area is 135 Å². The average molecular weight is 322 g/mol. The molecule has 0 aliphatic carbocycles. The highest BCUT2D eigenvalue weighted by Crippen LogP contribution is 2.31. The number of carbonyl (C=O) groups excluding carboxylic acids is 1. The predicted molar refractivity (Wildman–Crippen MR) is 83.2 cm³/mol. The molecule has 6 heteroatoms. The number of likely N-dealkylation sites (tertiary alicyclic amines) is 1. The van der Waals surface area contributed by atoms with Crippen LogP contribution in [0, 0.1) is 5.82 Å². The highest BCUT2D eigenvalue weighted by atomic mass is 19.1. The molecule has 1 aromatic rings. The Morgan fingerprint density at radius 2 is 1.83 bits per heavy atom. The molecule has 1 N–H and O–H groups in total. The summed E-state index contributed by atoms with van der Waals surface area (Å²) in [5.74, 6) is -0.510. The van der Waals surface area contributed by atoms with Crippen molar-refractivity contribution in [2.75, 3.05) is 32.8 Å². The molecule has 0 atom stereocenters. The van der Waals surface area contributed by atoms with E-state index in [-0.39, 0.29) is 11.7 Å². The largest absolute Gasteiger partial charge is 0.347 e. The van der Waals surface area contributed by atoms with Crippen molar-refractivity contribution in [1.29, 1.82) is 0 Å². The number of halogens is 1. The third-order valence-corrected chi connectivity index (χ3v) is 4.45. The minimum Gasteiger partial charge on any atom is -0.347 e. The average Bonchev–Trinajstić information content (AvgIpc) is 3.02. The lowest BCUT2D eigenvalue weighted by atomic mass is 10.0. The molecule has 2 fully saturated rings. The molecule has 5 nitrogen and oxygen atoms in total. The van der Waals surface area contributed by atoms with Crippen LogP contribution in [0.2, 0.25) is 0 Å². The molecule has 1 aromatic carbocycles. The molecule has 3 rings (SSSR count). The minimum atomic E-state index is -0.433. The van der Waals surface area contributed by atoms with E-state index in [0.29, 0.717) is 45.8 Å². The van der Waals surface area contributed by atoms with Gasteiger partial charge in [0.2, 0.25) is 5.91 Å². The number of benzene rings is 1. The van der Waals surface area contributed by atoms with Gasteiger partial charge in [0.15, 0.2) is 5.79 Å². The Bertz CT molecular complexity index is 519. The molecule has 0 bridgehead atoms. The quantitative estimate of drug-likeness (QED) is 0.838. The van der Waals surface area contributed by atoms with Crippen LogP contribution in [-0.2, 0) is 20.8 Å². The van der Waals surface area contributed by atoms with Crippen LogP contribution in [0.5, 0.6) is 0 Å². The van der Waals surface area contributed by atoms with E-state index in [1.165, 1.54) is 12.1 Å². The van der Waals surface area contributed by atoms with Gasteiger partial charge in [0.25, 0.3) is 0 Å². The van der Waals surface area contributed by atoms with Crippen molar-refractivity contribution in [3.8, 4) is 0 Å². The summed E-state index contributed by atoms with van der Waals surface area (Å²) in [4.78, 5) is 14.1. The topological polar surface area (TPSA) is 50.8 Å². The maximum Gasteiger partial charge on any atom is 0.223 e. The lowest BCUT2D eigenvalue weighted by Gasteiger charge is -2.37. The Hall–Kier alpha value is -1.50. The van der Waals surface area contributed by atoms with Crippen molar-refractivity contribution in [2.45, 2.75) is 31.6 Å². The fraction of sp³-hybridized carbons (Fsp3) is 0.588. The van der Waals surface area contributed by atoms with E-state index < -0.39 is 5.79 Å². The molecule has 126 valence electrons. The molecule has 0 radical (unpaired) electrons. The van der Waals surface area contributed by atoms with E-state index in [1.54, 1.807) is 12.1 Å². The van der Waals surface area contributed by atoms with E-state index in [4.69, 9.17) is 9.47 Å². The first-order chi connectivity index (χ1) is 11.2. The first-order valence-electron chi connectivity index (χ1n) is 8.18. The number of nitrogens with one attached hydrogen (secondary N) is 1. The van der Waals surface area contributed by atoms with Crippen molar-refractivity contribution in [1.82, 2.24) is 10.2 Å². The van der Waals surface area contributed by atoms with Gasteiger partial charge in [-0.3, -0.25) is 4.79 Å². The van der Waals surface area contributed by atoms with E-state index in [1.807, 2.05) is 4.90 Å². The molecule has 0 aromatic heterocycles. The lowest BCUT2D eigenvalue weighted by molar-refractivity contribution is -0.187. The number of rotatable bonds is 5. The number of carbonyl (C=O) groups is 1. The molecule has 2 aliphatic heterocycles. The van der Waals surface area contributed by atoms with Crippen molar-refractivity contribution in [2.24, 2.45) is 0 Å². The third kappa shape index (κ3) is 4.28. The highest BCUT2D eigenvalue weighted by molar-refractivity contribution is 5.76. The summed E-state index contributed by atoms with van der Waals surface area (Å²) in [5.41, 5.74) is 1.01. The molecule has 23 heavy (non-hydrogen) atoms. The van der Waals surface area contributed by atoms with Gasteiger partial charge < -0.3 is 19.7 Å². The SMILES string of the molecule is O=C(CCNCc1ccc(F)cc1)N1CCC2(CC1)OCCO2. The maximum atomic E-state index is 12.8. The molecule has 2 aliphatic rings. The summed E-state index contributed by atoms with van der Waals surface area (Å²) in [6.45, 7) is 3.94. The Balaban J connectivity index is 1.34. The lowest BCUT2D eigenvalue weighted by Crippen LogP contribution is -2.47. The molecule has 2 heterocycles. The van der Waals surface area contributed by atoms with E-state index in [0.717, 1.165) is 18.4 Å². The van der Waals surface area contributed by atoms with Gasteiger partial charge in [-0.05, 0) is 17.7 Å². The highest BCUT2D eigenvalue weighted by Gasteiger charge is 2.40. The first kappa shape index (κ1) is 16.4. The van der Waals surface area contributed by atoms with Crippen molar-refractivity contribution >= 4 is 5.91 Å². The zero-order valence-corrected chi connectivity index (χ0v) is 13.2. The van der Waals surface area contributed by atoms with Crippen molar-refractivity contribution < 1.29 is 18.7 Å². The number of ether oxygens (including phenoxy) is 2. The van der Waals surface area contributed by atoms with Gasteiger partial charge in [0.1, 0.15) is 5.82 Å². The Kier molecular flexibility index (Phi) is 5.25. The standard InChI is InChI=1S/C17H23FN2O3/c18-15-3-1-14(2-4-15)13-19-8-5-16(21)20-9-6-17(7-10-20)22-11-12-23-17/h1-4,19H,5-13H2. The van der Waals surface area contributed by atoms with Crippen LogP contribution in [0.4, 0.5) is 4.39 Å². The second kappa shape index (κ2) is 7.38. The summed E-state index contributed by atoms with van der Waals surface area (Å²) in [5, 5.41) is 3.22.